The van der Waals surface area contributed by atoms with Crippen molar-refractivity contribution >= 4 is 5.91 Å². The van der Waals surface area contributed by atoms with Crippen LogP contribution in [0, 0.1) is 0 Å². The van der Waals surface area contributed by atoms with Crippen LogP contribution in [0.5, 0.6) is 0 Å². The van der Waals surface area contributed by atoms with E-state index in [1.807, 2.05) is 6.08 Å². The van der Waals surface area contributed by atoms with Crippen LogP contribution in [0.4, 0.5) is 0 Å². The van der Waals surface area contributed by atoms with E-state index in [0.717, 1.165) is 25.7 Å². The lowest BCUT2D eigenvalue weighted by Crippen LogP contribution is -2.45. The molecule has 0 rings (SSSR count). The number of amides is 1. The number of aliphatic hydroxyl groups excluding tert-OH is 3. The molecule has 0 aliphatic carbocycles. The van der Waals surface area contributed by atoms with Crippen molar-refractivity contribution in [2.75, 3.05) is 6.61 Å². The average molecular weight is 512 g/mol. The van der Waals surface area contributed by atoms with Gasteiger partial charge in [0.1, 0.15) is 0 Å². The van der Waals surface area contributed by atoms with E-state index in [4.69, 9.17) is 0 Å². The van der Waals surface area contributed by atoms with Gasteiger partial charge in [-0.1, -0.05) is 142 Å². The molecule has 5 heteroatoms. The summed E-state index contributed by atoms with van der Waals surface area (Å²) in [5.41, 5.74) is 0. The summed E-state index contributed by atoms with van der Waals surface area (Å²) >= 11 is 0. The van der Waals surface area contributed by atoms with E-state index in [0.29, 0.717) is 6.42 Å². The molecule has 0 saturated carbocycles. The third-order valence-electron chi connectivity index (χ3n) is 7.07. The lowest BCUT2D eigenvalue weighted by Gasteiger charge is -2.21. The molecule has 0 aromatic rings. The molecular formula is C31H61NO4. The molecule has 0 aliphatic rings. The zero-order chi connectivity index (χ0) is 26.7. The van der Waals surface area contributed by atoms with E-state index in [1.165, 1.54) is 103 Å². The molecule has 0 aromatic carbocycles. The van der Waals surface area contributed by atoms with Crippen LogP contribution in [0.3, 0.4) is 0 Å². The minimum absolute atomic E-state index is 0.0164. The Kier molecular flexibility index (Phi) is 26.4. The Morgan fingerprint density at radius 1 is 0.694 bits per heavy atom. The van der Waals surface area contributed by atoms with Gasteiger partial charge < -0.3 is 20.6 Å². The maximum atomic E-state index is 12.2. The summed E-state index contributed by atoms with van der Waals surface area (Å²) in [5, 5.41) is 32.8. The van der Waals surface area contributed by atoms with E-state index in [2.05, 4.69) is 19.2 Å². The summed E-state index contributed by atoms with van der Waals surface area (Å²) in [6, 6.07) is -0.735. The van der Waals surface area contributed by atoms with Gasteiger partial charge in [-0.3, -0.25) is 4.79 Å². The van der Waals surface area contributed by atoms with Gasteiger partial charge in [-0.25, -0.2) is 0 Å². The molecule has 3 atom stereocenters. The predicted molar refractivity (Wildman–Crippen MR) is 153 cm³/mol. The first-order valence-electron chi connectivity index (χ1n) is 15.5. The summed E-state index contributed by atoms with van der Waals surface area (Å²) in [6.07, 6.45) is 27.6. The van der Waals surface area contributed by atoms with Gasteiger partial charge in [0, 0.05) is 0 Å². The van der Waals surface area contributed by atoms with Crippen molar-refractivity contribution in [2.45, 2.75) is 173 Å². The number of rotatable bonds is 27. The average Bonchev–Trinajstić information content (AvgIpc) is 2.86. The number of aliphatic hydroxyl groups is 3. The lowest BCUT2D eigenvalue weighted by atomic mass is 10.0. The number of allylic oxidation sites excluding steroid dienone is 1. The molecular weight excluding hydrogens is 450 g/mol. The minimum atomic E-state index is -0.920. The molecule has 0 spiro atoms. The summed E-state index contributed by atoms with van der Waals surface area (Å²) in [5.74, 6) is -0.320. The maximum absolute atomic E-state index is 12.2. The van der Waals surface area contributed by atoms with Gasteiger partial charge in [0.2, 0.25) is 5.91 Å². The highest BCUT2D eigenvalue weighted by Crippen LogP contribution is 2.13. The van der Waals surface area contributed by atoms with Crippen LogP contribution in [-0.2, 0) is 4.79 Å². The van der Waals surface area contributed by atoms with Crippen LogP contribution in [0.15, 0.2) is 12.2 Å². The summed E-state index contributed by atoms with van der Waals surface area (Å²) in [7, 11) is 0. The molecule has 0 aromatic heterocycles. The third kappa shape index (κ3) is 23.5. The normalized spacial score (nSPS) is 14.2. The Morgan fingerprint density at radius 3 is 1.61 bits per heavy atom. The van der Waals surface area contributed by atoms with Gasteiger partial charge in [0.15, 0.2) is 0 Å². The van der Waals surface area contributed by atoms with Crippen LogP contribution in [0.2, 0.25) is 0 Å². The maximum Gasteiger partial charge on any atom is 0.222 e. The fraction of sp³-hybridized carbons (Fsp3) is 0.903. The Bertz CT molecular complexity index is 497. The van der Waals surface area contributed by atoms with Crippen molar-refractivity contribution in [3.8, 4) is 0 Å². The van der Waals surface area contributed by atoms with E-state index in [9.17, 15) is 20.1 Å². The van der Waals surface area contributed by atoms with Gasteiger partial charge >= 0.3 is 0 Å². The van der Waals surface area contributed by atoms with Gasteiger partial charge in [0.05, 0.1) is 31.3 Å². The fourth-order valence-corrected chi connectivity index (χ4v) is 4.63. The fourth-order valence-electron chi connectivity index (χ4n) is 4.63. The highest BCUT2D eigenvalue weighted by atomic mass is 16.3. The first-order chi connectivity index (χ1) is 17.5. The smallest absolute Gasteiger partial charge is 0.222 e. The zero-order valence-corrected chi connectivity index (χ0v) is 23.9. The molecule has 3 unspecified atom stereocenters. The van der Waals surface area contributed by atoms with Crippen LogP contribution >= 0.6 is 0 Å². The number of hydrogen-bond donors (Lipinski definition) is 4. The first kappa shape index (κ1) is 35.1. The van der Waals surface area contributed by atoms with Gasteiger partial charge in [-0.15, -0.1) is 0 Å². The van der Waals surface area contributed by atoms with E-state index in [-0.39, 0.29) is 18.9 Å². The van der Waals surface area contributed by atoms with Crippen molar-refractivity contribution in [1.82, 2.24) is 5.32 Å². The van der Waals surface area contributed by atoms with E-state index in [1.54, 1.807) is 6.08 Å². The zero-order valence-electron chi connectivity index (χ0n) is 23.9. The van der Waals surface area contributed by atoms with E-state index >= 15 is 0 Å². The molecule has 0 radical (unpaired) electrons. The first-order valence-corrected chi connectivity index (χ1v) is 15.5. The van der Waals surface area contributed by atoms with Crippen LogP contribution in [0.1, 0.15) is 155 Å². The SMILES string of the molecule is CCCCCCCCCCCC/C=C/C(O)C(CO)NC(=O)CC(O)CCCCCCCCCCC. The number of hydrogen-bond acceptors (Lipinski definition) is 4. The molecule has 0 heterocycles. The quantitative estimate of drug-likeness (QED) is 0.0685. The van der Waals surface area contributed by atoms with Crippen LogP contribution in [-0.4, -0.2) is 46.1 Å². The molecule has 36 heavy (non-hydrogen) atoms. The Morgan fingerprint density at radius 2 is 1.14 bits per heavy atom. The van der Waals surface area contributed by atoms with Crippen molar-refractivity contribution in [1.29, 1.82) is 0 Å². The monoisotopic (exact) mass is 511 g/mol. The summed E-state index contributed by atoms with van der Waals surface area (Å²) < 4.78 is 0. The largest absolute Gasteiger partial charge is 0.394 e. The number of carbonyl (C=O) groups excluding carboxylic acids is 1. The summed E-state index contributed by atoms with van der Waals surface area (Å²) in [6.45, 7) is 4.15. The van der Waals surface area contributed by atoms with Crippen molar-refractivity contribution < 1.29 is 20.1 Å². The highest BCUT2D eigenvalue weighted by Gasteiger charge is 2.20. The standard InChI is InChI=1S/C31H61NO4/c1-3-5-7-9-11-13-14-15-17-19-21-23-25-30(35)29(27-33)32-31(36)26-28(34)24-22-20-18-16-12-10-8-6-4-2/h23,25,28-30,33-35H,3-22,24,26-27H2,1-2H3,(H,32,36)/b25-23+. The predicted octanol–water partition coefficient (Wildman–Crippen LogP) is 7.36. The Hall–Kier alpha value is -0.910. The van der Waals surface area contributed by atoms with Gasteiger partial charge in [0.25, 0.3) is 0 Å². The molecule has 0 saturated heterocycles. The lowest BCUT2D eigenvalue weighted by molar-refractivity contribution is -0.124. The van der Waals surface area contributed by atoms with Crippen molar-refractivity contribution in [2.24, 2.45) is 0 Å². The molecule has 4 N–H and O–H groups in total. The second-order valence-electron chi connectivity index (χ2n) is 10.7. The molecule has 214 valence electrons. The number of carbonyl (C=O) groups is 1. The minimum Gasteiger partial charge on any atom is -0.394 e. The van der Waals surface area contributed by atoms with Crippen molar-refractivity contribution in [3.05, 3.63) is 12.2 Å². The third-order valence-corrected chi connectivity index (χ3v) is 7.07. The molecule has 5 nitrogen and oxygen atoms in total. The Balaban J connectivity index is 3.82. The van der Waals surface area contributed by atoms with Gasteiger partial charge in [-0.05, 0) is 19.3 Å². The molecule has 0 aliphatic heterocycles. The Labute approximate surface area is 223 Å². The topological polar surface area (TPSA) is 89.8 Å². The number of unbranched alkanes of at least 4 members (excludes halogenated alkanes) is 18. The molecule has 1 amide bonds. The second-order valence-corrected chi connectivity index (χ2v) is 10.7. The number of nitrogens with one attached hydrogen (secondary N) is 1. The molecule has 0 fully saturated rings. The van der Waals surface area contributed by atoms with E-state index < -0.39 is 18.2 Å². The second kappa shape index (κ2) is 27.1. The summed E-state index contributed by atoms with van der Waals surface area (Å²) in [4.78, 5) is 12.2. The molecule has 0 bridgehead atoms. The van der Waals surface area contributed by atoms with Crippen LogP contribution in [0.25, 0.3) is 0 Å². The van der Waals surface area contributed by atoms with Crippen LogP contribution < -0.4 is 5.32 Å². The van der Waals surface area contributed by atoms with Gasteiger partial charge in [-0.2, -0.15) is 0 Å². The highest BCUT2D eigenvalue weighted by molar-refractivity contribution is 5.76. The van der Waals surface area contributed by atoms with Crippen molar-refractivity contribution in [3.63, 3.8) is 0 Å².